The van der Waals surface area contributed by atoms with Crippen LogP contribution in [0.15, 0.2) is 18.2 Å². The first-order chi connectivity index (χ1) is 10.9. The molecule has 2 amide bonds. The molecule has 8 heteroatoms. The third-order valence-electron chi connectivity index (χ3n) is 4.05. The second-order valence-electron chi connectivity index (χ2n) is 5.79. The number of rotatable bonds is 4. The van der Waals surface area contributed by atoms with Crippen LogP contribution in [0.25, 0.3) is 0 Å². The smallest absolute Gasteiger partial charge is 0.247 e. The van der Waals surface area contributed by atoms with Gasteiger partial charge in [0.15, 0.2) is 0 Å². The Morgan fingerprint density at radius 3 is 2.71 bits per heavy atom. The molecule has 24 heavy (non-hydrogen) atoms. The number of likely N-dealkylation sites (tertiary alicyclic amines) is 1. The Balaban J connectivity index is 0.00000288. The number of halogens is 3. The number of hydrogen-bond donors (Lipinski definition) is 2. The van der Waals surface area contributed by atoms with Gasteiger partial charge in [-0.1, -0.05) is 30.1 Å². The summed E-state index contributed by atoms with van der Waals surface area (Å²) in [4.78, 5) is 26.7. The number of carbonyl (C=O) groups is 2. The van der Waals surface area contributed by atoms with Crippen molar-refractivity contribution in [2.45, 2.75) is 32.2 Å². The monoisotopic (exact) mass is 393 g/mol. The minimum Gasteiger partial charge on any atom is -0.330 e. The summed E-state index contributed by atoms with van der Waals surface area (Å²) in [5.74, 6) is -0.594. The Labute approximate surface area is 158 Å². The van der Waals surface area contributed by atoms with Gasteiger partial charge in [0.05, 0.1) is 10.7 Å². The zero-order valence-electron chi connectivity index (χ0n) is 13.4. The number of piperidine rings is 1. The summed E-state index contributed by atoms with van der Waals surface area (Å²) in [5, 5.41) is 3.66. The van der Waals surface area contributed by atoms with Crippen molar-refractivity contribution in [2.75, 3.05) is 18.4 Å². The molecular formula is C16H22Cl3N3O2. The molecule has 1 aliphatic heterocycles. The summed E-state index contributed by atoms with van der Waals surface area (Å²) in [7, 11) is 0. The van der Waals surface area contributed by atoms with Gasteiger partial charge in [0, 0.05) is 24.0 Å². The van der Waals surface area contributed by atoms with Crippen LogP contribution in [-0.2, 0) is 9.59 Å². The zero-order valence-corrected chi connectivity index (χ0v) is 15.8. The highest BCUT2D eigenvalue weighted by molar-refractivity contribution is 6.36. The second kappa shape index (κ2) is 9.47. The van der Waals surface area contributed by atoms with Gasteiger partial charge >= 0.3 is 0 Å². The predicted molar refractivity (Wildman–Crippen MR) is 99.9 cm³/mol. The van der Waals surface area contributed by atoms with Gasteiger partial charge in [0.2, 0.25) is 11.8 Å². The molecule has 1 aromatic rings. The molecule has 3 N–H and O–H groups in total. The predicted octanol–water partition coefficient (Wildman–Crippen LogP) is 3.33. The average molecular weight is 395 g/mol. The first kappa shape index (κ1) is 21.0. The van der Waals surface area contributed by atoms with Crippen LogP contribution >= 0.6 is 35.6 Å². The van der Waals surface area contributed by atoms with Crippen LogP contribution in [0.2, 0.25) is 10.0 Å². The molecule has 0 radical (unpaired) electrons. The van der Waals surface area contributed by atoms with Crippen LogP contribution < -0.4 is 11.1 Å². The third kappa shape index (κ3) is 4.99. The van der Waals surface area contributed by atoms with Crippen molar-refractivity contribution >= 4 is 53.1 Å². The van der Waals surface area contributed by atoms with Crippen LogP contribution in [0.3, 0.4) is 0 Å². The van der Waals surface area contributed by atoms with Gasteiger partial charge < -0.3 is 16.0 Å². The molecule has 1 aliphatic rings. The molecule has 0 spiro atoms. The van der Waals surface area contributed by atoms with Crippen LogP contribution in [0.1, 0.15) is 26.2 Å². The molecule has 2 unspecified atom stereocenters. The standard InChI is InChI=1S/C16H21Cl2N3O2.ClH/c1-10(9-19)16(23)21-7-3-2-4-14(21)15(22)20-13-6-5-11(17)8-12(13)18;/h5-6,8,10,14H,2-4,7,9,19H2,1H3,(H,20,22);1H. The van der Waals surface area contributed by atoms with Gasteiger partial charge in [-0.3, -0.25) is 9.59 Å². The van der Waals surface area contributed by atoms with Gasteiger partial charge in [0.25, 0.3) is 0 Å². The number of anilines is 1. The first-order valence-corrected chi connectivity index (χ1v) is 8.46. The highest BCUT2D eigenvalue weighted by atomic mass is 35.5. The molecule has 0 bridgehead atoms. The van der Waals surface area contributed by atoms with Crippen molar-refractivity contribution in [1.29, 1.82) is 0 Å². The van der Waals surface area contributed by atoms with E-state index in [2.05, 4.69) is 5.32 Å². The summed E-state index contributed by atoms with van der Waals surface area (Å²) in [6.45, 7) is 2.63. The lowest BCUT2D eigenvalue weighted by atomic mass is 9.98. The number of nitrogens with two attached hydrogens (primary N) is 1. The van der Waals surface area contributed by atoms with Crippen molar-refractivity contribution in [3.63, 3.8) is 0 Å². The van der Waals surface area contributed by atoms with Gasteiger partial charge in [-0.15, -0.1) is 12.4 Å². The lowest BCUT2D eigenvalue weighted by Crippen LogP contribution is -2.52. The lowest BCUT2D eigenvalue weighted by Gasteiger charge is -2.36. The van der Waals surface area contributed by atoms with Crippen molar-refractivity contribution in [2.24, 2.45) is 11.7 Å². The van der Waals surface area contributed by atoms with Gasteiger partial charge in [-0.2, -0.15) is 0 Å². The lowest BCUT2D eigenvalue weighted by molar-refractivity contribution is -0.143. The van der Waals surface area contributed by atoms with Crippen LogP contribution in [0.4, 0.5) is 5.69 Å². The minimum absolute atomic E-state index is 0. The molecule has 5 nitrogen and oxygen atoms in total. The molecular weight excluding hydrogens is 373 g/mol. The molecule has 0 saturated carbocycles. The molecule has 1 heterocycles. The van der Waals surface area contributed by atoms with Crippen molar-refractivity contribution in [3.8, 4) is 0 Å². The fraction of sp³-hybridized carbons (Fsp3) is 0.500. The van der Waals surface area contributed by atoms with Gasteiger partial charge in [0.1, 0.15) is 6.04 Å². The number of hydrogen-bond acceptors (Lipinski definition) is 3. The van der Waals surface area contributed by atoms with E-state index >= 15 is 0 Å². The summed E-state index contributed by atoms with van der Waals surface area (Å²) in [6, 6.07) is 4.39. The molecule has 1 fully saturated rings. The molecule has 1 aromatic carbocycles. The summed E-state index contributed by atoms with van der Waals surface area (Å²) >= 11 is 11.9. The fourth-order valence-corrected chi connectivity index (χ4v) is 3.11. The van der Waals surface area contributed by atoms with Crippen LogP contribution in [-0.4, -0.2) is 35.8 Å². The minimum atomic E-state index is -0.489. The van der Waals surface area contributed by atoms with E-state index in [1.807, 2.05) is 0 Å². The topological polar surface area (TPSA) is 75.4 Å². The molecule has 1 saturated heterocycles. The van der Waals surface area contributed by atoms with Gasteiger partial charge in [-0.25, -0.2) is 0 Å². The van der Waals surface area contributed by atoms with E-state index in [1.165, 1.54) is 0 Å². The highest BCUT2D eigenvalue weighted by Gasteiger charge is 2.33. The normalized spacial score (nSPS) is 18.5. The Morgan fingerprint density at radius 2 is 2.08 bits per heavy atom. The maximum absolute atomic E-state index is 12.6. The third-order valence-corrected chi connectivity index (χ3v) is 4.60. The molecule has 2 rings (SSSR count). The van der Waals surface area contributed by atoms with E-state index in [0.717, 1.165) is 12.8 Å². The number of benzene rings is 1. The van der Waals surface area contributed by atoms with Gasteiger partial charge in [-0.05, 0) is 37.5 Å². The molecule has 134 valence electrons. The highest BCUT2D eigenvalue weighted by Crippen LogP contribution is 2.27. The number of nitrogens with one attached hydrogen (secondary N) is 1. The van der Waals surface area contributed by atoms with Crippen molar-refractivity contribution in [1.82, 2.24) is 4.90 Å². The van der Waals surface area contributed by atoms with E-state index in [4.69, 9.17) is 28.9 Å². The first-order valence-electron chi connectivity index (χ1n) is 7.70. The van der Waals surface area contributed by atoms with E-state index < -0.39 is 6.04 Å². The van der Waals surface area contributed by atoms with E-state index in [9.17, 15) is 9.59 Å². The zero-order chi connectivity index (χ0) is 17.0. The summed E-state index contributed by atoms with van der Waals surface area (Å²) in [6.07, 6.45) is 2.45. The molecule has 0 aliphatic carbocycles. The Hall–Kier alpha value is -1.01. The van der Waals surface area contributed by atoms with Crippen molar-refractivity contribution in [3.05, 3.63) is 28.2 Å². The number of carbonyl (C=O) groups excluding carboxylic acids is 2. The Kier molecular flexibility index (Phi) is 8.30. The van der Waals surface area contributed by atoms with Crippen LogP contribution in [0, 0.1) is 5.92 Å². The van der Waals surface area contributed by atoms with Crippen LogP contribution in [0.5, 0.6) is 0 Å². The van der Waals surface area contributed by atoms with E-state index in [0.29, 0.717) is 28.7 Å². The van der Waals surface area contributed by atoms with E-state index in [1.54, 1.807) is 30.0 Å². The summed E-state index contributed by atoms with van der Waals surface area (Å²) in [5.41, 5.74) is 6.07. The molecule has 0 aromatic heterocycles. The quantitative estimate of drug-likeness (QED) is 0.822. The van der Waals surface area contributed by atoms with E-state index in [-0.39, 0.29) is 36.7 Å². The largest absolute Gasteiger partial charge is 0.330 e. The SMILES string of the molecule is CC(CN)C(=O)N1CCCCC1C(=O)Nc1ccc(Cl)cc1Cl.Cl. The average Bonchev–Trinajstić information content (AvgIpc) is 2.55. The maximum atomic E-state index is 12.6. The number of nitrogens with zero attached hydrogens (tertiary/aromatic N) is 1. The van der Waals surface area contributed by atoms with Crippen molar-refractivity contribution < 1.29 is 9.59 Å². The second-order valence-corrected chi connectivity index (χ2v) is 6.64. The molecule has 2 atom stereocenters. The maximum Gasteiger partial charge on any atom is 0.247 e. The summed E-state index contributed by atoms with van der Waals surface area (Å²) < 4.78 is 0. The Bertz CT molecular complexity index is 598. The number of amides is 2. The fourth-order valence-electron chi connectivity index (χ4n) is 2.66. The Morgan fingerprint density at radius 1 is 1.38 bits per heavy atom.